The number of nitrogens with one attached hydrogen (secondary N) is 2. The summed E-state index contributed by atoms with van der Waals surface area (Å²) in [5.74, 6) is -1.80. The highest BCUT2D eigenvalue weighted by Crippen LogP contribution is 2.30. The molecule has 1 atom stereocenters. The second-order valence-electron chi connectivity index (χ2n) is 7.16. The van der Waals surface area contributed by atoms with Crippen LogP contribution in [0.1, 0.15) is 18.4 Å². The Bertz CT molecular complexity index is 1240. The number of aliphatic carboxylic acids is 1. The molecule has 3 amide bonds. The Balaban J connectivity index is 1.68. The highest BCUT2D eigenvalue weighted by atomic mass is 16.5. The predicted octanol–water partition coefficient (Wildman–Crippen LogP) is 0.317. The van der Waals surface area contributed by atoms with Gasteiger partial charge in [-0.3, -0.25) is 4.79 Å². The second kappa shape index (κ2) is 9.82. The van der Waals surface area contributed by atoms with Gasteiger partial charge in [0.2, 0.25) is 0 Å². The van der Waals surface area contributed by atoms with E-state index < -0.39 is 36.2 Å². The van der Waals surface area contributed by atoms with Crippen molar-refractivity contribution in [3.05, 3.63) is 52.4 Å². The summed E-state index contributed by atoms with van der Waals surface area (Å²) >= 11 is 0. The summed E-state index contributed by atoms with van der Waals surface area (Å²) in [5, 5.41) is 17.9. The smallest absolute Gasteiger partial charge is 0.344 e. The van der Waals surface area contributed by atoms with E-state index in [-0.39, 0.29) is 19.4 Å². The fourth-order valence-electron chi connectivity index (χ4n) is 3.36. The van der Waals surface area contributed by atoms with Gasteiger partial charge in [0.05, 0.1) is 17.4 Å². The van der Waals surface area contributed by atoms with Gasteiger partial charge in [-0.1, -0.05) is 18.2 Å². The summed E-state index contributed by atoms with van der Waals surface area (Å²) in [6.45, 7) is 1.41. The van der Waals surface area contributed by atoms with E-state index in [4.69, 9.17) is 14.9 Å². The van der Waals surface area contributed by atoms with Crippen molar-refractivity contribution in [3.8, 4) is 5.75 Å². The molecule has 0 fully saturated rings. The molecule has 2 aromatic carbocycles. The molecule has 0 radical (unpaired) electrons. The second-order valence-corrected chi connectivity index (χ2v) is 7.16. The van der Waals surface area contributed by atoms with Crippen LogP contribution >= 0.6 is 0 Å². The van der Waals surface area contributed by atoms with Gasteiger partial charge in [0, 0.05) is 17.5 Å². The number of amides is 3. The van der Waals surface area contributed by atoms with Crippen LogP contribution in [0, 0.1) is 6.92 Å². The molecule has 0 bridgehead atoms. The maximum absolute atomic E-state index is 12.3. The molecular weight excluding hydrogens is 418 g/mol. The van der Waals surface area contributed by atoms with E-state index in [9.17, 15) is 24.3 Å². The van der Waals surface area contributed by atoms with E-state index in [0.717, 1.165) is 10.8 Å². The lowest BCUT2D eigenvalue weighted by molar-refractivity contribution is -0.308. The summed E-state index contributed by atoms with van der Waals surface area (Å²) in [7, 11) is 0. The number of rotatable bonds is 9. The normalized spacial score (nSPS) is 11.8. The number of urea groups is 1. The zero-order chi connectivity index (χ0) is 23.3. The first-order valence-electron chi connectivity index (χ1n) is 9.89. The summed E-state index contributed by atoms with van der Waals surface area (Å²) in [4.78, 5) is 46.4. The zero-order valence-corrected chi connectivity index (χ0v) is 17.3. The lowest BCUT2D eigenvalue weighted by Gasteiger charge is -2.20. The van der Waals surface area contributed by atoms with Crippen molar-refractivity contribution >= 4 is 39.6 Å². The largest absolute Gasteiger partial charge is 0.548 e. The van der Waals surface area contributed by atoms with Gasteiger partial charge in [-0.15, -0.1) is 0 Å². The van der Waals surface area contributed by atoms with Crippen LogP contribution in [-0.2, 0) is 9.59 Å². The quantitative estimate of drug-likeness (QED) is 0.245. The average Bonchev–Trinajstić information content (AvgIpc) is 2.75. The number of carbonyl (C=O) groups is 3. The third-order valence-electron chi connectivity index (χ3n) is 4.94. The van der Waals surface area contributed by atoms with Gasteiger partial charge in [0.15, 0.2) is 6.61 Å². The Labute approximate surface area is 182 Å². The minimum Gasteiger partial charge on any atom is -0.548 e. The van der Waals surface area contributed by atoms with Gasteiger partial charge in [-0.2, -0.15) is 0 Å². The van der Waals surface area contributed by atoms with Gasteiger partial charge in [-0.25, -0.2) is 9.59 Å². The van der Waals surface area contributed by atoms with Crippen molar-refractivity contribution in [2.75, 3.05) is 13.2 Å². The van der Waals surface area contributed by atoms with E-state index in [1.807, 2.05) is 12.1 Å². The van der Waals surface area contributed by atoms with Gasteiger partial charge in [0.25, 0.3) is 5.91 Å². The van der Waals surface area contributed by atoms with E-state index >= 15 is 0 Å². The molecule has 0 spiro atoms. The maximum Gasteiger partial charge on any atom is 0.344 e. The van der Waals surface area contributed by atoms with Gasteiger partial charge >= 0.3 is 11.7 Å². The Morgan fingerprint density at radius 3 is 2.53 bits per heavy atom. The summed E-state index contributed by atoms with van der Waals surface area (Å²) in [6.07, 6.45) is 0.321. The standard InChI is InChI=1S/C22H23N3O7/c1-12-17(9-8-14-13-5-2-3-6-15(13)21(29)32-19(12)14)31-11-18(26)25-16(20(27)28)7-4-10-24-22(23)30/h2-3,5-6,8-9,16H,4,7,10-11H2,1H3,(H,25,26)(H,27,28)(H3,23,24,30)/p-1/t16-/m0/s1. The van der Waals surface area contributed by atoms with Gasteiger partial charge < -0.3 is 35.4 Å². The Kier molecular flexibility index (Phi) is 6.93. The van der Waals surface area contributed by atoms with Crippen LogP contribution in [0.2, 0.25) is 0 Å². The van der Waals surface area contributed by atoms with E-state index in [1.165, 1.54) is 0 Å². The minimum absolute atomic E-state index is 0.0432. The van der Waals surface area contributed by atoms with Crippen molar-refractivity contribution in [2.24, 2.45) is 5.73 Å². The lowest BCUT2D eigenvalue weighted by atomic mass is 10.0. The van der Waals surface area contributed by atoms with Crippen LogP contribution in [0.25, 0.3) is 21.7 Å². The third-order valence-corrected chi connectivity index (χ3v) is 4.94. The number of hydrogen-bond acceptors (Lipinski definition) is 7. The molecule has 0 aliphatic carbocycles. The van der Waals surface area contributed by atoms with E-state index in [1.54, 1.807) is 31.2 Å². The number of aryl methyl sites for hydroxylation is 1. The average molecular weight is 440 g/mol. The fourth-order valence-corrected chi connectivity index (χ4v) is 3.36. The molecule has 0 saturated carbocycles. The van der Waals surface area contributed by atoms with Crippen molar-refractivity contribution in [1.82, 2.24) is 10.6 Å². The Morgan fingerprint density at radius 2 is 1.84 bits per heavy atom. The Morgan fingerprint density at radius 1 is 1.12 bits per heavy atom. The number of nitrogens with two attached hydrogens (primary N) is 1. The molecule has 0 unspecified atom stereocenters. The predicted molar refractivity (Wildman–Crippen MR) is 114 cm³/mol. The first-order valence-corrected chi connectivity index (χ1v) is 9.89. The zero-order valence-electron chi connectivity index (χ0n) is 17.3. The number of carbonyl (C=O) groups excluding carboxylic acids is 3. The molecule has 3 aromatic rings. The van der Waals surface area contributed by atoms with Crippen LogP contribution in [0.4, 0.5) is 4.79 Å². The molecule has 0 aliphatic heterocycles. The molecule has 3 rings (SSSR count). The number of carboxylic acids is 1. The van der Waals surface area contributed by atoms with E-state index in [0.29, 0.717) is 22.3 Å². The van der Waals surface area contributed by atoms with Crippen molar-refractivity contribution in [1.29, 1.82) is 0 Å². The molecule has 0 aliphatic rings. The number of primary amides is 1. The molecule has 10 heteroatoms. The SMILES string of the molecule is Cc1c(OCC(=O)N[C@@H](CCCNC(N)=O)C(=O)[O-])ccc2c1oc(=O)c1ccccc12. The fraction of sp³-hybridized carbons (Fsp3) is 0.273. The number of benzene rings is 2. The number of ether oxygens (including phenoxy) is 1. The van der Waals surface area contributed by atoms with Crippen molar-refractivity contribution in [2.45, 2.75) is 25.8 Å². The van der Waals surface area contributed by atoms with Gasteiger partial charge in [0.1, 0.15) is 11.3 Å². The van der Waals surface area contributed by atoms with Crippen molar-refractivity contribution < 1.29 is 28.6 Å². The highest BCUT2D eigenvalue weighted by Gasteiger charge is 2.16. The maximum atomic E-state index is 12.3. The third kappa shape index (κ3) is 5.15. The number of hydrogen-bond donors (Lipinski definition) is 3. The molecule has 32 heavy (non-hydrogen) atoms. The van der Waals surface area contributed by atoms with Crippen LogP contribution in [0.3, 0.4) is 0 Å². The minimum atomic E-state index is -1.45. The lowest BCUT2D eigenvalue weighted by Crippen LogP contribution is -2.49. The number of fused-ring (bicyclic) bond motifs is 3. The van der Waals surface area contributed by atoms with Crippen LogP contribution in [0.5, 0.6) is 5.75 Å². The molecule has 1 heterocycles. The molecule has 1 aromatic heterocycles. The molecule has 168 valence electrons. The van der Waals surface area contributed by atoms with Gasteiger partial charge in [-0.05, 0) is 43.4 Å². The van der Waals surface area contributed by atoms with Crippen molar-refractivity contribution in [3.63, 3.8) is 0 Å². The summed E-state index contributed by atoms with van der Waals surface area (Å²) in [5.41, 5.74) is 5.34. The highest BCUT2D eigenvalue weighted by molar-refractivity contribution is 6.05. The summed E-state index contributed by atoms with van der Waals surface area (Å²) < 4.78 is 11.0. The van der Waals surface area contributed by atoms with Crippen LogP contribution < -0.4 is 31.8 Å². The molecule has 0 saturated heterocycles. The topological polar surface area (TPSA) is 164 Å². The first-order chi connectivity index (χ1) is 15.3. The first kappa shape index (κ1) is 22.6. The summed E-state index contributed by atoms with van der Waals surface area (Å²) in [6, 6.07) is 8.50. The van der Waals surface area contributed by atoms with Crippen LogP contribution in [-0.4, -0.2) is 37.1 Å². The molecule has 10 nitrogen and oxygen atoms in total. The number of carboxylic acid groups (broad SMARTS) is 1. The monoisotopic (exact) mass is 440 g/mol. The molecule has 4 N–H and O–H groups in total. The van der Waals surface area contributed by atoms with Crippen LogP contribution in [0.15, 0.2) is 45.6 Å². The Hall–Kier alpha value is -4.08. The van der Waals surface area contributed by atoms with E-state index in [2.05, 4.69) is 10.6 Å². The molecular formula is C22H22N3O7-.